The van der Waals surface area contributed by atoms with Gasteiger partial charge < -0.3 is 9.47 Å². The molecule has 0 aromatic carbocycles. The summed E-state index contributed by atoms with van der Waals surface area (Å²) in [6, 6.07) is 0. The van der Waals surface area contributed by atoms with E-state index in [1.54, 1.807) is 0 Å². The Hall–Kier alpha value is -1.12. The molecule has 3 aliphatic rings. The van der Waals surface area contributed by atoms with E-state index in [0.717, 1.165) is 37.5 Å². The average molecular weight is 637 g/mol. The average Bonchev–Trinajstić information content (AvgIpc) is 3.78. The van der Waals surface area contributed by atoms with Gasteiger partial charge in [0, 0.05) is 12.8 Å². The van der Waals surface area contributed by atoms with Crippen molar-refractivity contribution in [3.8, 4) is 0 Å². The first-order chi connectivity index (χ1) is 22.8. The Balaban J connectivity index is 1.20. The zero-order chi connectivity index (χ0) is 32.4. The predicted molar refractivity (Wildman–Crippen MR) is 201 cm³/mol. The summed E-state index contributed by atoms with van der Waals surface area (Å²) < 4.78 is 13.8. The molecule has 2 nitrogen and oxygen atoms in total. The largest absolute Gasteiger partial charge is 0.344 e. The molecule has 3 fully saturated rings. The second kappa shape index (κ2) is 25.8. The molecule has 4 atom stereocenters. The van der Waals surface area contributed by atoms with Gasteiger partial charge in [0.25, 0.3) is 0 Å². The highest BCUT2D eigenvalue weighted by atomic mass is 16.8. The van der Waals surface area contributed by atoms with Crippen molar-refractivity contribution in [3.05, 3.63) is 48.6 Å². The molecule has 2 bridgehead atoms. The van der Waals surface area contributed by atoms with Gasteiger partial charge >= 0.3 is 0 Å². The smallest absolute Gasteiger partial charge is 0.169 e. The highest BCUT2D eigenvalue weighted by molar-refractivity contribution is 5.03. The van der Waals surface area contributed by atoms with E-state index >= 15 is 0 Å². The van der Waals surface area contributed by atoms with E-state index in [1.807, 2.05) is 0 Å². The summed E-state index contributed by atoms with van der Waals surface area (Å²) in [5.74, 6) is 1.30. The molecule has 3 rings (SSSR count). The lowest BCUT2D eigenvalue weighted by Gasteiger charge is -2.30. The van der Waals surface area contributed by atoms with E-state index in [2.05, 4.69) is 62.5 Å². The van der Waals surface area contributed by atoms with Crippen molar-refractivity contribution in [1.82, 2.24) is 0 Å². The van der Waals surface area contributed by atoms with Gasteiger partial charge in [-0.15, -0.1) is 0 Å². The maximum absolute atomic E-state index is 6.91. The van der Waals surface area contributed by atoms with E-state index in [1.165, 1.54) is 161 Å². The molecule has 0 aromatic heterocycles. The first kappa shape index (κ1) is 39.3. The Morgan fingerprint density at radius 1 is 0.435 bits per heavy atom. The molecule has 0 N–H and O–H groups in total. The maximum Gasteiger partial charge on any atom is 0.169 e. The van der Waals surface area contributed by atoms with Gasteiger partial charge in [0.1, 0.15) is 0 Å². The van der Waals surface area contributed by atoms with Crippen LogP contribution in [0.1, 0.15) is 200 Å². The summed E-state index contributed by atoms with van der Waals surface area (Å²) in [5.41, 5.74) is 0. The Labute approximate surface area is 287 Å². The monoisotopic (exact) mass is 637 g/mol. The van der Waals surface area contributed by atoms with E-state index in [4.69, 9.17) is 9.47 Å². The third-order valence-electron chi connectivity index (χ3n) is 11.0. The van der Waals surface area contributed by atoms with Crippen molar-refractivity contribution < 1.29 is 9.47 Å². The molecule has 1 aliphatic heterocycles. The molecule has 1 saturated heterocycles. The molecule has 0 radical (unpaired) electrons. The predicted octanol–water partition coefficient (Wildman–Crippen LogP) is 14.3. The van der Waals surface area contributed by atoms with Crippen LogP contribution in [0.5, 0.6) is 0 Å². The molecule has 2 saturated carbocycles. The fourth-order valence-electron chi connectivity index (χ4n) is 8.16. The van der Waals surface area contributed by atoms with Crippen LogP contribution >= 0.6 is 0 Å². The molecular weight excluding hydrogens is 560 g/mol. The van der Waals surface area contributed by atoms with Gasteiger partial charge in [-0.25, -0.2) is 0 Å². The number of fused-ring (bicyclic) bond motifs is 5. The van der Waals surface area contributed by atoms with Crippen LogP contribution < -0.4 is 0 Å². The van der Waals surface area contributed by atoms with Crippen molar-refractivity contribution in [2.75, 3.05) is 0 Å². The van der Waals surface area contributed by atoms with E-state index in [0.29, 0.717) is 12.2 Å². The van der Waals surface area contributed by atoms with Gasteiger partial charge in [-0.1, -0.05) is 140 Å². The molecule has 1 heterocycles. The topological polar surface area (TPSA) is 18.5 Å². The van der Waals surface area contributed by atoms with Crippen LogP contribution in [0.15, 0.2) is 48.6 Å². The molecule has 2 aliphatic carbocycles. The van der Waals surface area contributed by atoms with Crippen LogP contribution in [0.3, 0.4) is 0 Å². The van der Waals surface area contributed by atoms with Crippen LogP contribution in [0.4, 0.5) is 0 Å². The van der Waals surface area contributed by atoms with Gasteiger partial charge in [0.15, 0.2) is 5.79 Å². The summed E-state index contributed by atoms with van der Waals surface area (Å²) >= 11 is 0. The zero-order valence-electron chi connectivity index (χ0n) is 30.8. The van der Waals surface area contributed by atoms with Crippen molar-refractivity contribution in [3.63, 3.8) is 0 Å². The fourth-order valence-corrected chi connectivity index (χ4v) is 8.16. The van der Waals surface area contributed by atoms with Gasteiger partial charge in [-0.2, -0.15) is 0 Å². The van der Waals surface area contributed by atoms with Crippen LogP contribution in [0, 0.1) is 11.8 Å². The minimum Gasteiger partial charge on any atom is -0.344 e. The standard InChI is InChI=1S/C44H76O2/c1-3-5-7-9-11-13-15-17-19-21-23-25-27-29-31-33-37-44(45-42-40-35-36-41(39-40)43(42)46-44)38-34-32-30-28-26-24-22-20-18-16-14-12-10-8-6-4-2/h11-14,17-20,40-43H,3-10,15-16,21-39H2,1-2H3/b13-11-,14-12-,19-17-,20-18-/t40?,41?,42-,43+. The quantitative estimate of drug-likeness (QED) is 0.0577. The second-order valence-corrected chi connectivity index (χ2v) is 15.1. The van der Waals surface area contributed by atoms with Crippen molar-refractivity contribution >= 4 is 0 Å². The third-order valence-corrected chi connectivity index (χ3v) is 11.0. The highest BCUT2D eigenvalue weighted by Gasteiger charge is 2.58. The highest BCUT2D eigenvalue weighted by Crippen LogP contribution is 2.55. The molecule has 0 spiro atoms. The van der Waals surface area contributed by atoms with Gasteiger partial charge in [-0.3, -0.25) is 0 Å². The summed E-state index contributed by atoms with van der Waals surface area (Å²) in [5, 5.41) is 0. The van der Waals surface area contributed by atoms with E-state index in [-0.39, 0.29) is 5.79 Å². The van der Waals surface area contributed by atoms with Crippen LogP contribution in [-0.4, -0.2) is 18.0 Å². The maximum atomic E-state index is 6.91. The van der Waals surface area contributed by atoms with Gasteiger partial charge in [-0.05, 0) is 108 Å². The summed E-state index contributed by atoms with van der Waals surface area (Å²) in [6.45, 7) is 4.55. The number of rotatable bonds is 30. The Bertz CT molecular complexity index is 769. The number of hydrogen-bond donors (Lipinski definition) is 0. The van der Waals surface area contributed by atoms with Crippen LogP contribution in [-0.2, 0) is 9.47 Å². The Morgan fingerprint density at radius 3 is 1.17 bits per heavy atom. The summed E-state index contributed by atoms with van der Waals surface area (Å²) in [7, 11) is 0. The van der Waals surface area contributed by atoms with Crippen LogP contribution in [0.2, 0.25) is 0 Å². The van der Waals surface area contributed by atoms with E-state index in [9.17, 15) is 0 Å². The summed E-state index contributed by atoms with van der Waals surface area (Å²) in [6.07, 6.45) is 57.4. The summed E-state index contributed by atoms with van der Waals surface area (Å²) in [4.78, 5) is 0. The SMILES string of the molecule is CCCCC/C=C\C/C=C\CCCCCCCCC1(CCCCCCCC/C=C\C/C=C\CCCCC)O[C@@H]2C3CCC(C3)[C@@H]2O1. The fraction of sp³-hybridized carbons (Fsp3) is 0.818. The zero-order valence-corrected chi connectivity index (χ0v) is 30.8. The first-order valence-corrected chi connectivity index (χ1v) is 20.7. The number of ether oxygens (including phenoxy) is 2. The molecule has 264 valence electrons. The van der Waals surface area contributed by atoms with Crippen molar-refractivity contribution in [2.45, 2.75) is 218 Å². The number of allylic oxidation sites excluding steroid dienone is 8. The number of hydrogen-bond acceptors (Lipinski definition) is 2. The Morgan fingerprint density at radius 2 is 0.783 bits per heavy atom. The molecule has 46 heavy (non-hydrogen) atoms. The minimum atomic E-state index is -0.263. The molecule has 2 heteroatoms. The number of unbranched alkanes of at least 4 members (excludes halogenated alkanes) is 18. The van der Waals surface area contributed by atoms with Gasteiger partial charge in [0.2, 0.25) is 0 Å². The van der Waals surface area contributed by atoms with Crippen molar-refractivity contribution in [2.24, 2.45) is 11.8 Å². The lowest BCUT2D eigenvalue weighted by atomic mass is 9.95. The van der Waals surface area contributed by atoms with E-state index < -0.39 is 0 Å². The normalized spacial score (nSPS) is 23.8. The van der Waals surface area contributed by atoms with Crippen molar-refractivity contribution in [1.29, 1.82) is 0 Å². The molecular formula is C44H76O2. The van der Waals surface area contributed by atoms with Gasteiger partial charge in [0.05, 0.1) is 12.2 Å². The molecule has 0 amide bonds. The second-order valence-electron chi connectivity index (χ2n) is 15.1. The third kappa shape index (κ3) is 16.3. The molecule has 2 unspecified atom stereocenters. The molecule has 0 aromatic rings. The van der Waals surface area contributed by atoms with Crippen LogP contribution in [0.25, 0.3) is 0 Å². The lowest BCUT2D eigenvalue weighted by molar-refractivity contribution is -0.195. The minimum absolute atomic E-state index is 0.263. The Kier molecular flexibility index (Phi) is 22.1. The lowest BCUT2D eigenvalue weighted by Crippen LogP contribution is -2.32. The first-order valence-electron chi connectivity index (χ1n) is 20.7.